The van der Waals surface area contributed by atoms with Gasteiger partial charge in [-0.2, -0.15) is 4.39 Å². The number of aliphatic carboxylic acids is 1. The van der Waals surface area contributed by atoms with Crippen LogP contribution in [0, 0.1) is 28.7 Å². The maximum Gasteiger partial charge on any atom is 0.303 e. The van der Waals surface area contributed by atoms with Crippen LogP contribution in [0.4, 0.5) is 14.5 Å². The number of carbonyl (C=O) groups is 1. The van der Waals surface area contributed by atoms with E-state index in [0.717, 1.165) is 29.6 Å². The van der Waals surface area contributed by atoms with E-state index in [2.05, 4.69) is 0 Å². The summed E-state index contributed by atoms with van der Waals surface area (Å²) in [6.45, 7) is 1.72. The van der Waals surface area contributed by atoms with Crippen molar-refractivity contribution in [3.05, 3.63) is 74.3 Å². The van der Waals surface area contributed by atoms with Gasteiger partial charge in [-0.25, -0.2) is 4.39 Å². The second-order valence-electron chi connectivity index (χ2n) is 7.23. The molecule has 0 aliphatic heterocycles. The molecule has 0 radical (unpaired) electrons. The number of carboxylic acids is 1. The molecular weight excluding hydrogens is 396 g/mol. The summed E-state index contributed by atoms with van der Waals surface area (Å²) >= 11 is 0. The van der Waals surface area contributed by atoms with Crippen molar-refractivity contribution in [2.75, 3.05) is 6.61 Å². The van der Waals surface area contributed by atoms with E-state index in [1.165, 1.54) is 18.2 Å². The van der Waals surface area contributed by atoms with Crippen molar-refractivity contribution in [1.29, 1.82) is 0 Å². The maximum atomic E-state index is 14.3. The molecule has 0 heterocycles. The third-order valence-corrected chi connectivity index (χ3v) is 5.22. The molecule has 0 saturated heterocycles. The number of hydrogen-bond acceptors (Lipinski definition) is 4. The second kappa shape index (κ2) is 9.02. The van der Waals surface area contributed by atoms with Gasteiger partial charge < -0.3 is 9.84 Å². The van der Waals surface area contributed by atoms with Crippen molar-refractivity contribution in [2.45, 2.75) is 39.0 Å². The maximum absolute atomic E-state index is 14.3. The van der Waals surface area contributed by atoms with Gasteiger partial charge in [0.25, 0.3) is 5.69 Å². The molecule has 0 spiro atoms. The first-order chi connectivity index (χ1) is 14.3. The van der Waals surface area contributed by atoms with Gasteiger partial charge >= 0.3 is 5.97 Å². The van der Waals surface area contributed by atoms with Crippen LogP contribution in [0.3, 0.4) is 0 Å². The SMILES string of the molecule is Cc1ccc(C2=C(COc3ccc(CCC(=O)O)c(F)c3F)CCC2)cc1[N+](=O)[O-]. The molecule has 2 aromatic carbocycles. The van der Waals surface area contributed by atoms with Gasteiger partial charge in [0.2, 0.25) is 5.82 Å². The molecule has 0 amide bonds. The van der Waals surface area contributed by atoms with Crippen molar-refractivity contribution in [2.24, 2.45) is 0 Å². The lowest BCUT2D eigenvalue weighted by Crippen LogP contribution is -2.06. The number of nitro groups is 1. The Bertz CT molecular complexity index is 1030. The molecule has 158 valence electrons. The average molecular weight is 417 g/mol. The Morgan fingerprint density at radius 3 is 2.67 bits per heavy atom. The van der Waals surface area contributed by atoms with Gasteiger partial charge in [-0.1, -0.05) is 18.2 Å². The van der Waals surface area contributed by atoms with Gasteiger partial charge in [-0.3, -0.25) is 14.9 Å². The zero-order chi connectivity index (χ0) is 21.8. The highest BCUT2D eigenvalue weighted by Gasteiger charge is 2.21. The van der Waals surface area contributed by atoms with Crippen LogP contribution in [0.15, 0.2) is 35.9 Å². The van der Waals surface area contributed by atoms with E-state index >= 15 is 0 Å². The van der Waals surface area contributed by atoms with Crippen LogP contribution in [0.25, 0.3) is 5.57 Å². The minimum atomic E-state index is -1.15. The first-order valence-electron chi connectivity index (χ1n) is 9.55. The number of rotatable bonds is 8. The summed E-state index contributed by atoms with van der Waals surface area (Å²) in [6.07, 6.45) is 1.87. The number of nitro benzene ring substituents is 1. The Morgan fingerprint density at radius 2 is 1.97 bits per heavy atom. The number of nitrogens with zero attached hydrogens (tertiary/aromatic N) is 1. The van der Waals surface area contributed by atoms with Crippen molar-refractivity contribution >= 4 is 17.2 Å². The van der Waals surface area contributed by atoms with Gasteiger partial charge in [-0.15, -0.1) is 0 Å². The summed E-state index contributed by atoms with van der Waals surface area (Å²) in [5, 5.41) is 19.9. The second-order valence-corrected chi connectivity index (χ2v) is 7.23. The first kappa shape index (κ1) is 21.4. The summed E-state index contributed by atoms with van der Waals surface area (Å²) < 4.78 is 34.0. The lowest BCUT2D eigenvalue weighted by molar-refractivity contribution is -0.385. The summed E-state index contributed by atoms with van der Waals surface area (Å²) in [7, 11) is 0. The lowest BCUT2D eigenvalue weighted by Gasteiger charge is -2.13. The fraction of sp³-hybridized carbons (Fsp3) is 0.318. The Hall–Kier alpha value is -3.29. The van der Waals surface area contributed by atoms with Crippen molar-refractivity contribution in [3.63, 3.8) is 0 Å². The molecule has 3 rings (SSSR count). The summed E-state index contributed by atoms with van der Waals surface area (Å²) in [4.78, 5) is 21.4. The zero-order valence-corrected chi connectivity index (χ0v) is 16.4. The van der Waals surface area contributed by atoms with Crippen LogP contribution in [0.5, 0.6) is 5.75 Å². The number of ether oxygens (including phenoxy) is 1. The highest BCUT2D eigenvalue weighted by molar-refractivity contribution is 5.73. The fourth-order valence-electron chi connectivity index (χ4n) is 3.59. The van der Waals surface area contributed by atoms with Gasteiger partial charge in [0.1, 0.15) is 6.61 Å². The molecule has 0 atom stereocenters. The number of carboxylic acid groups (broad SMARTS) is 1. The van der Waals surface area contributed by atoms with E-state index in [0.29, 0.717) is 12.0 Å². The van der Waals surface area contributed by atoms with Crippen LogP contribution < -0.4 is 4.74 Å². The molecule has 0 aromatic heterocycles. The van der Waals surface area contributed by atoms with Crippen molar-refractivity contribution in [1.82, 2.24) is 0 Å². The van der Waals surface area contributed by atoms with E-state index in [4.69, 9.17) is 9.84 Å². The normalized spacial score (nSPS) is 13.6. The van der Waals surface area contributed by atoms with E-state index in [-0.39, 0.29) is 36.4 Å². The molecule has 2 aromatic rings. The minimum Gasteiger partial charge on any atom is -0.486 e. The standard InChI is InChI=1S/C22H21F2NO5/c1-13-5-6-15(11-18(13)25(28)29)17-4-2-3-16(17)12-30-19-9-7-14(8-10-20(26)27)21(23)22(19)24/h5-7,9,11H,2-4,8,10,12H2,1H3,(H,26,27). The van der Waals surface area contributed by atoms with Gasteiger partial charge in [0.05, 0.1) is 4.92 Å². The van der Waals surface area contributed by atoms with Gasteiger partial charge in [0.15, 0.2) is 11.6 Å². The monoisotopic (exact) mass is 417 g/mol. The van der Waals surface area contributed by atoms with Crippen LogP contribution in [0.2, 0.25) is 0 Å². The smallest absolute Gasteiger partial charge is 0.303 e. The van der Waals surface area contributed by atoms with E-state index in [1.807, 2.05) is 6.07 Å². The quantitative estimate of drug-likeness (QED) is 0.470. The highest BCUT2D eigenvalue weighted by Crippen LogP contribution is 2.36. The number of allylic oxidation sites excluding steroid dienone is 1. The van der Waals surface area contributed by atoms with Crippen molar-refractivity contribution < 1.29 is 28.3 Å². The van der Waals surface area contributed by atoms with Crippen LogP contribution in [0.1, 0.15) is 42.4 Å². The largest absolute Gasteiger partial charge is 0.486 e. The van der Waals surface area contributed by atoms with Crippen LogP contribution in [-0.4, -0.2) is 22.6 Å². The number of halogens is 2. The van der Waals surface area contributed by atoms with Crippen LogP contribution >= 0.6 is 0 Å². The molecule has 8 heteroatoms. The van der Waals surface area contributed by atoms with Crippen LogP contribution in [-0.2, 0) is 11.2 Å². The third-order valence-electron chi connectivity index (χ3n) is 5.22. The molecule has 1 aliphatic rings. The molecule has 1 N–H and O–H groups in total. The zero-order valence-electron chi connectivity index (χ0n) is 16.4. The Kier molecular flexibility index (Phi) is 6.44. The number of hydrogen-bond donors (Lipinski definition) is 1. The summed E-state index contributed by atoms with van der Waals surface area (Å²) in [5.74, 6) is -3.60. The molecule has 0 fully saturated rings. The lowest BCUT2D eigenvalue weighted by atomic mass is 10.00. The molecule has 30 heavy (non-hydrogen) atoms. The molecule has 1 aliphatic carbocycles. The molecule has 6 nitrogen and oxygen atoms in total. The summed E-state index contributed by atoms with van der Waals surface area (Å²) in [6, 6.07) is 7.67. The summed E-state index contributed by atoms with van der Waals surface area (Å²) in [5.41, 5.74) is 3.15. The molecular formula is C22H21F2NO5. The predicted molar refractivity (Wildman–Crippen MR) is 106 cm³/mol. The van der Waals surface area contributed by atoms with E-state index in [1.54, 1.807) is 13.0 Å². The predicted octanol–water partition coefficient (Wildman–Crippen LogP) is 5.22. The third kappa shape index (κ3) is 4.64. The fourth-order valence-corrected chi connectivity index (χ4v) is 3.59. The van der Waals surface area contributed by atoms with Gasteiger partial charge in [0, 0.05) is 18.1 Å². The highest BCUT2D eigenvalue weighted by atomic mass is 19.2. The minimum absolute atomic E-state index is 0.0185. The van der Waals surface area contributed by atoms with E-state index in [9.17, 15) is 23.7 Å². The molecule has 0 bridgehead atoms. The van der Waals surface area contributed by atoms with E-state index < -0.39 is 22.5 Å². The number of benzene rings is 2. The Morgan fingerprint density at radius 1 is 1.20 bits per heavy atom. The molecule has 0 unspecified atom stereocenters. The first-order valence-corrected chi connectivity index (χ1v) is 9.55. The topological polar surface area (TPSA) is 89.7 Å². The Labute approximate surface area is 171 Å². The molecule has 0 saturated carbocycles. The average Bonchev–Trinajstić information content (AvgIpc) is 3.17. The number of aryl methyl sites for hydroxylation is 2. The van der Waals surface area contributed by atoms with Crippen molar-refractivity contribution in [3.8, 4) is 5.75 Å². The Balaban J connectivity index is 1.79. The van der Waals surface area contributed by atoms with Gasteiger partial charge in [-0.05, 0) is 60.9 Å².